The molecule has 1 heterocycles. The van der Waals surface area contributed by atoms with Crippen molar-refractivity contribution >= 4 is 27.3 Å². The van der Waals surface area contributed by atoms with Gasteiger partial charge in [-0.25, -0.2) is 12.8 Å². The fourth-order valence-electron chi connectivity index (χ4n) is 3.34. The van der Waals surface area contributed by atoms with Crippen LogP contribution in [-0.4, -0.2) is 27.5 Å². The second kappa shape index (κ2) is 8.86. The molecule has 6 nitrogen and oxygen atoms in total. The largest absolute Gasteiger partial charge is 0.490 e. The Balaban J connectivity index is 1.85. The van der Waals surface area contributed by atoms with Gasteiger partial charge < -0.3 is 9.64 Å². The van der Waals surface area contributed by atoms with Crippen molar-refractivity contribution < 1.29 is 22.3 Å². The summed E-state index contributed by atoms with van der Waals surface area (Å²) in [6.07, 6.45) is 0.841. The standard InChI is InChI=1S/C23H29FN2O4S/c1-16(2)11-12-26-20-10-9-19(13-21(20)30-15-23(3,4)22(26)27)25-31(28,29)14-17-5-7-18(24)8-6-17/h5-10,13,16,25H,11-12,14-15H2,1-4H3. The summed E-state index contributed by atoms with van der Waals surface area (Å²) < 4.78 is 46.7. The van der Waals surface area contributed by atoms with E-state index in [-0.39, 0.29) is 18.3 Å². The zero-order chi connectivity index (χ0) is 22.8. The van der Waals surface area contributed by atoms with Crippen molar-refractivity contribution in [3.8, 4) is 5.75 Å². The molecular weight excluding hydrogens is 419 g/mol. The Hall–Kier alpha value is -2.61. The first-order chi connectivity index (χ1) is 14.5. The van der Waals surface area contributed by atoms with Gasteiger partial charge in [-0.3, -0.25) is 9.52 Å². The normalized spacial score (nSPS) is 15.9. The van der Waals surface area contributed by atoms with E-state index in [0.29, 0.717) is 35.2 Å². The zero-order valence-corrected chi connectivity index (χ0v) is 19.1. The first-order valence-electron chi connectivity index (χ1n) is 10.3. The van der Waals surface area contributed by atoms with Gasteiger partial charge in [0.15, 0.2) is 0 Å². The number of ether oxygens (including phenoxy) is 1. The second-order valence-electron chi connectivity index (χ2n) is 8.98. The molecule has 0 unspecified atom stereocenters. The molecule has 0 fully saturated rings. The van der Waals surface area contributed by atoms with Gasteiger partial charge in [0.25, 0.3) is 0 Å². The maximum absolute atomic E-state index is 13.1. The molecule has 1 N–H and O–H groups in total. The fraction of sp³-hybridized carbons (Fsp3) is 0.435. The molecule has 0 radical (unpaired) electrons. The Morgan fingerprint density at radius 3 is 2.48 bits per heavy atom. The highest BCUT2D eigenvalue weighted by Crippen LogP contribution is 2.38. The monoisotopic (exact) mass is 448 g/mol. The molecule has 0 saturated heterocycles. The number of hydrogen-bond donors (Lipinski definition) is 1. The highest BCUT2D eigenvalue weighted by molar-refractivity contribution is 7.91. The van der Waals surface area contributed by atoms with Crippen molar-refractivity contribution in [2.75, 3.05) is 22.8 Å². The minimum atomic E-state index is -3.71. The van der Waals surface area contributed by atoms with Crippen LogP contribution in [0.15, 0.2) is 42.5 Å². The Morgan fingerprint density at radius 2 is 1.84 bits per heavy atom. The summed E-state index contributed by atoms with van der Waals surface area (Å²) in [5.74, 6) is 0.177. The summed E-state index contributed by atoms with van der Waals surface area (Å²) in [6.45, 7) is 8.65. The lowest BCUT2D eigenvalue weighted by molar-refractivity contribution is -0.127. The minimum absolute atomic E-state index is 0.0171. The molecule has 2 aromatic rings. The molecule has 0 saturated carbocycles. The maximum atomic E-state index is 13.1. The van der Waals surface area contributed by atoms with Gasteiger partial charge in [0.1, 0.15) is 18.2 Å². The summed E-state index contributed by atoms with van der Waals surface area (Å²) in [5, 5.41) is 0. The van der Waals surface area contributed by atoms with E-state index in [9.17, 15) is 17.6 Å². The second-order valence-corrected chi connectivity index (χ2v) is 10.7. The lowest BCUT2D eigenvalue weighted by Gasteiger charge is -2.28. The van der Waals surface area contributed by atoms with Gasteiger partial charge in [0.2, 0.25) is 15.9 Å². The first kappa shape index (κ1) is 23.1. The van der Waals surface area contributed by atoms with E-state index in [4.69, 9.17) is 4.74 Å². The highest BCUT2D eigenvalue weighted by atomic mass is 32.2. The van der Waals surface area contributed by atoms with Crippen molar-refractivity contribution in [1.29, 1.82) is 0 Å². The molecule has 31 heavy (non-hydrogen) atoms. The number of nitrogens with one attached hydrogen (secondary N) is 1. The number of nitrogens with zero attached hydrogens (tertiary/aromatic N) is 1. The third-order valence-corrected chi connectivity index (χ3v) is 6.40. The van der Waals surface area contributed by atoms with E-state index in [2.05, 4.69) is 18.6 Å². The lowest BCUT2D eigenvalue weighted by atomic mass is 9.92. The molecule has 3 rings (SSSR count). The Kier molecular flexibility index (Phi) is 6.59. The number of sulfonamides is 1. The van der Waals surface area contributed by atoms with Crippen molar-refractivity contribution in [3.05, 3.63) is 53.8 Å². The topological polar surface area (TPSA) is 75.7 Å². The number of anilines is 2. The molecule has 0 atom stereocenters. The van der Waals surface area contributed by atoms with Crippen molar-refractivity contribution in [3.63, 3.8) is 0 Å². The minimum Gasteiger partial charge on any atom is -0.490 e. The van der Waals surface area contributed by atoms with Crippen molar-refractivity contribution in [2.45, 2.75) is 39.9 Å². The van der Waals surface area contributed by atoms with Crippen LogP contribution in [0.25, 0.3) is 0 Å². The first-order valence-corrected chi connectivity index (χ1v) is 12.0. The van der Waals surface area contributed by atoms with Crippen LogP contribution in [0.1, 0.15) is 39.7 Å². The smallest absolute Gasteiger partial charge is 0.236 e. The van der Waals surface area contributed by atoms with Crippen LogP contribution >= 0.6 is 0 Å². The molecule has 168 valence electrons. The number of carbonyl (C=O) groups excluding carboxylic acids is 1. The molecule has 2 aromatic carbocycles. The van der Waals surface area contributed by atoms with Gasteiger partial charge >= 0.3 is 0 Å². The molecule has 0 aromatic heterocycles. The van der Waals surface area contributed by atoms with Crippen LogP contribution in [0.2, 0.25) is 0 Å². The number of amides is 1. The summed E-state index contributed by atoms with van der Waals surface area (Å²) >= 11 is 0. The van der Waals surface area contributed by atoms with Gasteiger partial charge in [-0.1, -0.05) is 26.0 Å². The maximum Gasteiger partial charge on any atom is 0.236 e. The number of benzene rings is 2. The zero-order valence-electron chi connectivity index (χ0n) is 18.3. The van der Waals surface area contributed by atoms with Crippen LogP contribution < -0.4 is 14.4 Å². The van der Waals surface area contributed by atoms with Gasteiger partial charge in [-0.05, 0) is 56.0 Å². The molecule has 0 bridgehead atoms. The van der Waals surface area contributed by atoms with E-state index in [1.54, 1.807) is 23.1 Å². The third kappa shape index (κ3) is 5.76. The van der Waals surface area contributed by atoms with Gasteiger partial charge in [0.05, 0.1) is 22.5 Å². The van der Waals surface area contributed by atoms with E-state index < -0.39 is 21.3 Å². The lowest BCUT2D eigenvalue weighted by Crippen LogP contribution is -2.42. The molecule has 1 aliphatic rings. The van der Waals surface area contributed by atoms with Gasteiger partial charge in [-0.2, -0.15) is 0 Å². The van der Waals surface area contributed by atoms with E-state index in [0.717, 1.165) is 6.42 Å². The van der Waals surface area contributed by atoms with Crippen molar-refractivity contribution in [1.82, 2.24) is 0 Å². The van der Waals surface area contributed by atoms with Crippen LogP contribution in [0.5, 0.6) is 5.75 Å². The van der Waals surface area contributed by atoms with Crippen LogP contribution in [0.3, 0.4) is 0 Å². The Bertz CT molecular complexity index is 1050. The van der Waals surface area contributed by atoms with Crippen molar-refractivity contribution in [2.24, 2.45) is 11.3 Å². The predicted octanol–water partition coefficient (Wildman–Crippen LogP) is 4.57. The number of hydrogen-bond acceptors (Lipinski definition) is 4. The van der Waals surface area contributed by atoms with Crippen LogP contribution in [0.4, 0.5) is 15.8 Å². The number of fused-ring (bicyclic) bond motifs is 1. The van der Waals surface area contributed by atoms with Crippen LogP contribution in [0, 0.1) is 17.2 Å². The summed E-state index contributed by atoms with van der Waals surface area (Å²) in [4.78, 5) is 14.8. The van der Waals surface area contributed by atoms with E-state index in [1.807, 2.05) is 13.8 Å². The number of rotatable bonds is 7. The summed E-state index contributed by atoms with van der Waals surface area (Å²) in [6, 6.07) is 10.3. The summed E-state index contributed by atoms with van der Waals surface area (Å²) in [7, 11) is -3.71. The molecule has 1 aliphatic heterocycles. The molecular formula is C23H29FN2O4S. The average Bonchev–Trinajstić information content (AvgIpc) is 2.77. The molecule has 0 spiro atoms. The third-order valence-electron chi connectivity index (χ3n) is 5.14. The number of carbonyl (C=O) groups is 1. The number of halogens is 1. The van der Waals surface area contributed by atoms with E-state index >= 15 is 0 Å². The van der Waals surface area contributed by atoms with Crippen LogP contribution in [-0.2, 0) is 20.6 Å². The Labute approximate surface area is 183 Å². The highest BCUT2D eigenvalue weighted by Gasteiger charge is 2.37. The van der Waals surface area contributed by atoms with Gasteiger partial charge in [-0.15, -0.1) is 0 Å². The molecule has 1 amide bonds. The quantitative estimate of drug-likeness (QED) is 0.674. The van der Waals surface area contributed by atoms with E-state index in [1.165, 1.54) is 24.3 Å². The molecule has 8 heteroatoms. The average molecular weight is 449 g/mol. The SMILES string of the molecule is CC(C)CCN1C(=O)C(C)(C)COc2cc(NS(=O)(=O)Cc3ccc(F)cc3)ccc21. The predicted molar refractivity (Wildman–Crippen MR) is 120 cm³/mol. The fourth-order valence-corrected chi connectivity index (χ4v) is 4.53. The summed E-state index contributed by atoms with van der Waals surface area (Å²) in [5.41, 5.74) is 0.764. The van der Waals surface area contributed by atoms with Gasteiger partial charge in [0, 0.05) is 12.6 Å². The Morgan fingerprint density at radius 1 is 1.16 bits per heavy atom. The molecule has 0 aliphatic carbocycles.